The summed E-state index contributed by atoms with van der Waals surface area (Å²) < 4.78 is 0. The predicted molar refractivity (Wildman–Crippen MR) is 86.9 cm³/mol. The second-order valence-corrected chi connectivity index (χ2v) is 5.39. The fourth-order valence-corrected chi connectivity index (χ4v) is 2.93. The lowest BCUT2D eigenvalue weighted by molar-refractivity contribution is 1.27. The molecule has 0 spiro atoms. The molecule has 0 saturated carbocycles. The van der Waals surface area contributed by atoms with Gasteiger partial charge in [0, 0.05) is 0 Å². The third kappa shape index (κ3) is 2.23. The van der Waals surface area contributed by atoms with Gasteiger partial charge in [-0.15, -0.1) is 0 Å². The van der Waals surface area contributed by atoms with Gasteiger partial charge in [-0.25, -0.2) is 0 Å². The van der Waals surface area contributed by atoms with Crippen molar-refractivity contribution < 1.29 is 0 Å². The van der Waals surface area contributed by atoms with E-state index in [2.05, 4.69) is 59.4 Å². The molecule has 98 valence electrons. The number of hydrogen-bond acceptors (Lipinski definition) is 0. The zero-order valence-electron chi connectivity index (χ0n) is 12.6. The Balaban J connectivity index is 3.01. The average Bonchev–Trinajstić information content (AvgIpc) is 2.35. The van der Waals surface area contributed by atoms with Gasteiger partial charge >= 0.3 is 0 Å². The van der Waals surface area contributed by atoms with Crippen molar-refractivity contribution in [2.75, 3.05) is 0 Å². The minimum absolute atomic E-state index is 1.32. The molecule has 0 nitrogen and oxygen atoms in total. The second kappa shape index (κ2) is 5.05. The van der Waals surface area contributed by atoms with E-state index in [9.17, 15) is 0 Å². The Labute approximate surface area is 116 Å². The van der Waals surface area contributed by atoms with Crippen LogP contribution in [0.1, 0.15) is 33.4 Å². The van der Waals surface area contributed by atoms with Crippen LogP contribution in [0, 0.1) is 34.6 Å². The molecule has 0 unspecified atom stereocenters. The van der Waals surface area contributed by atoms with E-state index in [0.717, 1.165) is 0 Å². The van der Waals surface area contributed by atoms with Gasteiger partial charge < -0.3 is 0 Å². The first-order chi connectivity index (χ1) is 8.97. The molecule has 19 heavy (non-hydrogen) atoms. The topological polar surface area (TPSA) is 0 Å². The second-order valence-electron chi connectivity index (χ2n) is 5.39. The lowest BCUT2D eigenvalue weighted by Gasteiger charge is -2.17. The van der Waals surface area contributed by atoms with Gasteiger partial charge in [0.15, 0.2) is 0 Å². The maximum Gasteiger partial charge on any atom is -0.0101 e. The van der Waals surface area contributed by atoms with Crippen molar-refractivity contribution in [3.63, 3.8) is 0 Å². The van der Waals surface area contributed by atoms with E-state index in [1.54, 1.807) is 0 Å². The van der Waals surface area contributed by atoms with Crippen molar-refractivity contribution in [1.29, 1.82) is 0 Å². The van der Waals surface area contributed by atoms with E-state index in [4.69, 9.17) is 0 Å². The van der Waals surface area contributed by atoms with Gasteiger partial charge in [0.25, 0.3) is 0 Å². The number of hydrogen-bond donors (Lipinski definition) is 0. The van der Waals surface area contributed by atoms with Crippen molar-refractivity contribution in [3.8, 4) is 0 Å². The van der Waals surface area contributed by atoms with Crippen molar-refractivity contribution in [2.24, 2.45) is 0 Å². The molecule has 0 radical (unpaired) electrons. The zero-order valence-corrected chi connectivity index (χ0v) is 12.6. The molecular formula is C19H22. The summed E-state index contributed by atoms with van der Waals surface area (Å²) in [4.78, 5) is 0. The smallest absolute Gasteiger partial charge is 0.0101 e. The molecule has 0 bridgehead atoms. The molecule has 0 aromatic heterocycles. The van der Waals surface area contributed by atoms with Crippen LogP contribution in [0.2, 0.25) is 0 Å². The average molecular weight is 250 g/mol. The lowest BCUT2D eigenvalue weighted by atomic mass is 9.88. The first kappa shape index (κ1) is 13.6. The van der Waals surface area contributed by atoms with Crippen LogP contribution in [0.4, 0.5) is 0 Å². The van der Waals surface area contributed by atoms with Gasteiger partial charge in [0.2, 0.25) is 0 Å². The Kier molecular flexibility index (Phi) is 3.61. The van der Waals surface area contributed by atoms with Crippen LogP contribution in [0.3, 0.4) is 0 Å². The molecule has 0 N–H and O–H groups in total. The molecule has 0 fully saturated rings. The number of benzene rings is 2. The predicted octanol–water partition coefficient (Wildman–Crippen LogP) is 5.58. The molecular weight excluding hydrogens is 228 g/mol. The van der Waals surface area contributed by atoms with Gasteiger partial charge in [-0.05, 0) is 73.2 Å². The lowest BCUT2D eigenvalue weighted by Crippen LogP contribution is -1.96. The van der Waals surface area contributed by atoms with E-state index in [-0.39, 0.29) is 0 Å². The first-order valence-corrected chi connectivity index (χ1v) is 6.77. The molecule has 0 aliphatic carbocycles. The molecule has 0 aliphatic heterocycles. The number of allylic oxidation sites excluding steroid dienone is 2. The number of aryl methyl sites for hydroxylation is 3. The van der Waals surface area contributed by atoms with Crippen molar-refractivity contribution in [2.45, 2.75) is 34.6 Å². The molecule has 0 heterocycles. The molecule has 2 rings (SSSR count). The van der Waals surface area contributed by atoms with Gasteiger partial charge in [0.1, 0.15) is 0 Å². The highest BCUT2D eigenvalue weighted by molar-refractivity contribution is 5.97. The largest absolute Gasteiger partial charge is 0.0991 e. The summed E-state index contributed by atoms with van der Waals surface area (Å²) in [6.45, 7) is 14.8. The van der Waals surface area contributed by atoms with Crippen LogP contribution in [0.25, 0.3) is 16.8 Å². The summed E-state index contributed by atoms with van der Waals surface area (Å²) in [6.07, 6.45) is 6.04. The summed E-state index contributed by atoms with van der Waals surface area (Å²) in [5.41, 5.74) is 8.17. The fraction of sp³-hybridized carbons (Fsp3) is 0.263. The highest BCUT2D eigenvalue weighted by Crippen LogP contribution is 2.33. The molecule has 2 aromatic carbocycles. The Morgan fingerprint density at radius 3 is 2.21 bits per heavy atom. The molecule has 2 aromatic rings. The Morgan fingerprint density at radius 1 is 0.895 bits per heavy atom. The van der Waals surface area contributed by atoms with Gasteiger partial charge in [0.05, 0.1) is 0 Å². The van der Waals surface area contributed by atoms with E-state index in [1.165, 1.54) is 44.2 Å². The maximum absolute atomic E-state index is 3.77. The van der Waals surface area contributed by atoms with E-state index < -0.39 is 0 Å². The minimum Gasteiger partial charge on any atom is -0.0991 e. The fourth-order valence-electron chi connectivity index (χ4n) is 2.93. The van der Waals surface area contributed by atoms with Gasteiger partial charge in [-0.2, -0.15) is 0 Å². The molecule has 0 amide bonds. The highest BCUT2D eigenvalue weighted by Gasteiger charge is 2.12. The summed E-state index contributed by atoms with van der Waals surface area (Å²) in [7, 11) is 0. The summed E-state index contributed by atoms with van der Waals surface area (Å²) in [6, 6.07) is 4.57. The Bertz CT molecular complexity index is 685. The monoisotopic (exact) mass is 250 g/mol. The number of rotatable bonds is 2. The summed E-state index contributed by atoms with van der Waals surface area (Å²) in [5.74, 6) is 0. The van der Waals surface area contributed by atoms with Gasteiger partial charge in [-0.3, -0.25) is 0 Å². The SMILES string of the molecule is C=C/C=C/c1c(C)c(C)c(C)c2c(C)cc(C)cc12. The highest BCUT2D eigenvalue weighted by atomic mass is 14.2. The minimum atomic E-state index is 1.32. The van der Waals surface area contributed by atoms with Gasteiger partial charge in [-0.1, -0.05) is 42.5 Å². The molecule has 0 aliphatic rings. The normalized spacial score (nSPS) is 11.4. The van der Waals surface area contributed by atoms with Crippen molar-refractivity contribution >= 4 is 16.8 Å². The van der Waals surface area contributed by atoms with E-state index in [0.29, 0.717) is 0 Å². The van der Waals surface area contributed by atoms with Crippen LogP contribution in [-0.2, 0) is 0 Å². The molecule has 0 heteroatoms. The van der Waals surface area contributed by atoms with Crippen LogP contribution in [-0.4, -0.2) is 0 Å². The van der Waals surface area contributed by atoms with E-state index >= 15 is 0 Å². The summed E-state index contributed by atoms with van der Waals surface area (Å²) in [5, 5.41) is 2.76. The van der Waals surface area contributed by atoms with Crippen LogP contribution in [0.15, 0.2) is 30.9 Å². The van der Waals surface area contributed by atoms with Crippen LogP contribution < -0.4 is 0 Å². The maximum atomic E-state index is 3.77. The van der Waals surface area contributed by atoms with Crippen LogP contribution in [0.5, 0.6) is 0 Å². The third-order valence-electron chi connectivity index (χ3n) is 4.07. The molecule has 0 saturated heterocycles. The Morgan fingerprint density at radius 2 is 1.58 bits per heavy atom. The quantitative estimate of drug-likeness (QED) is 0.610. The zero-order chi connectivity index (χ0) is 14.2. The first-order valence-electron chi connectivity index (χ1n) is 6.77. The van der Waals surface area contributed by atoms with E-state index in [1.807, 2.05) is 12.2 Å². The molecule has 0 atom stereocenters. The summed E-state index contributed by atoms with van der Waals surface area (Å²) >= 11 is 0. The van der Waals surface area contributed by atoms with Crippen molar-refractivity contribution in [3.05, 3.63) is 64.2 Å². The van der Waals surface area contributed by atoms with Crippen LogP contribution >= 0.6 is 0 Å². The Hall–Kier alpha value is -1.82. The number of fused-ring (bicyclic) bond motifs is 1. The van der Waals surface area contributed by atoms with Crippen molar-refractivity contribution in [1.82, 2.24) is 0 Å². The standard InChI is InChI=1S/C19H22/c1-7-8-9-17-15(5)14(4)16(6)19-13(3)10-12(2)11-18(17)19/h7-11H,1H2,2-6H3/b9-8+. The third-order valence-corrected chi connectivity index (χ3v) is 4.07.